The van der Waals surface area contributed by atoms with Crippen LogP contribution in [0.15, 0.2) is 35.7 Å². The van der Waals surface area contributed by atoms with E-state index in [0.29, 0.717) is 5.28 Å². The minimum atomic E-state index is 0.292. The van der Waals surface area contributed by atoms with Gasteiger partial charge in [-0.2, -0.15) is 4.98 Å². The Kier molecular flexibility index (Phi) is 3.59. The van der Waals surface area contributed by atoms with Crippen LogP contribution in [0.25, 0.3) is 10.2 Å². The highest BCUT2D eigenvalue weighted by atomic mass is 35.5. The van der Waals surface area contributed by atoms with Crippen molar-refractivity contribution in [2.24, 2.45) is 0 Å². The van der Waals surface area contributed by atoms with Crippen LogP contribution in [0.1, 0.15) is 12.5 Å². The fourth-order valence-electron chi connectivity index (χ4n) is 2.20. The highest BCUT2D eigenvalue weighted by molar-refractivity contribution is 7.16. The normalized spacial score (nSPS) is 10.9. The molecule has 0 aliphatic carbocycles. The van der Waals surface area contributed by atoms with E-state index in [1.807, 2.05) is 11.4 Å². The molecule has 0 saturated carbocycles. The number of fused-ring (bicyclic) bond motifs is 1. The first-order chi connectivity index (χ1) is 9.69. The number of thiophene rings is 1. The zero-order chi connectivity index (χ0) is 14.1. The van der Waals surface area contributed by atoms with E-state index in [1.165, 1.54) is 5.56 Å². The first kappa shape index (κ1) is 13.3. The van der Waals surface area contributed by atoms with Crippen LogP contribution in [0, 0.1) is 6.92 Å². The molecule has 0 N–H and O–H groups in total. The quantitative estimate of drug-likeness (QED) is 0.650. The van der Waals surface area contributed by atoms with Crippen molar-refractivity contribution in [3.05, 3.63) is 46.6 Å². The Morgan fingerprint density at radius 3 is 2.60 bits per heavy atom. The molecule has 20 heavy (non-hydrogen) atoms. The Labute approximate surface area is 126 Å². The number of halogens is 1. The standard InChI is InChI=1S/C15H14ClN3S/c1-3-19(11-6-4-10(2)5-7-11)13-12-8-9-20-14(12)18-15(16)17-13/h4-9H,3H2,1-2H3. The van der Waals surface area contributed by atoms with E-state index in [4.69, 9.17) is 11.6 Å². The number of benzene rings is 1. The summed E-state index contributed by atoms with van der Waals surface area (Å²) in [6.45, 7) is 5.01. The van der Waals surface area contributed by atoms with Crippen molar-refractivity contribution in [2.45, 2.75) is 13.8 Å². The molecule has 0 bridgehead atoms. The second-order valence-electron chi connectivity index (χ2n) is 4.54. The fourth-order valence-corrected chi connectivity index (χ4v) is 3.17. The molecule has 102 valence electrons. The van der Waals surface area contributed by atoms with Gasteiger partial charge in [-0.1, -0.05) is 17.7 Å². The first-order valence-electron chi connectivity index (χ1n) is 6.44. The summed E-state index contributed by atoms with van der Waals surface area (Å²) in [4.78, 5) is 11.8. The van der Waals surface area contributed by atoms with Gasteiger partial charge in [-0.3, -0.25) is 0 Å². The summed E-state index contributed by atoms with van der Waals surface area (Å²) in [6.07, 6.45) is 0. The summed E-state index contributed by atoms with van der Waals surface area (Å²) in [6, 6.07) is 10.5. The smallest absolute Gasteiger partial charge is 0.225 e. The highest BCUT2D eigenvalue weighted by Crippen LogP contribution is 2.33. The van der Waals surface area contributed by atoms with Crippen molar-refractivity contribution in [3.63, 3.8) is 0 Å². The monoisotopic (exact) mass is 303 g/mol. The number of hydrogen-bond donors (Lipinski definition) is 0. The van der Waals surface area contributed by atoms with Gasteiger partial charge in [0.2, 0.25) is 5.28 Å². The minimum absolute atomic E-state index is 0.292. The van der Waals surface area contributed by atoms with Crippen LogP contribution >= 0.6 is 22.9 Å². The van der Waals surface area contributed by atoms with Gasteiger partial charge in [0.25, 0.3) is 0 Å². The van der Waals surface area contributed by atoms with E-state index in [-0.39, 0.29) is 0 Å². The maximum Gasteiger partial charge on any atom is 0.225 e. The number of rotatable bonds is 3. The minimum Gasteiger partial charge on any atom is -0.326 e. The lowest BCUT2D eigenvalue weighted by molar-refractivity contribution is 0.990. The van der Waals surface area contributed by atoms with Crippen molar-refractivity contribution >= 4 is 44.7 Å². The molecule has 3 rings (SSSR count). The molecule has 0 atom stereocenters. The van der Waals surface area contributed by atoms with Crippen LogP contribution < -0.4 is 4.90 Å². The molecular weight excluding hydrogens is 290 g/mol. The van der Waals surface area contributed by atoms with Gasteiger partial charge in [-0.15, -0.1) is 11.3 Å². The van der Waals surface area contributed by atoms with Crippen LogP contribution in [-0.4, -0.2) is 16.5 Å². The molecule has 0 saturated heterocycles. The van der Waals surface area contributed by atoms with Crippen molar-refractivity contribution in [1.82, 2.24) is 9.97 Å². The second kappa shape index (κ2) is 5.38. The third-order valence-electron chi connectivity index (χ3n) is 3.20. The Bertz CT molecular complexity index is 736. The predicted molar refractivity (Wildman–Crippen MR) is 86.3 cm³/mol. The number of anilines is 2. The lowest BCUT2D eigenvalue weighted by Crippen LogP contribution is -2.17. The molecular formula is C15H14ClN3S. The van der Waals surface area contributed by atoms with Gasteiger partial charge in [0.05, 0.1) is 5.39 Å². The average molecular weight is 304 g/mol. The Balaban J connectivity index is 2.16. The van der Waals surface area contributed by atoms with Crippen molar-refractivity contribution in [2.75, 3.05) is 11.4 Å². The van der Waals surface area contributed by atoms with E-state index in [9.17, 15) is 0 Å². The number of aromatic nitrogens is 2. The average Bonchev–Trinajstić information content (AvgIpc) is 2.89. The van der Waals surface area contributed by atoms with Crippen molar-refractivity contribution in [1.29, 1.82) is 0 Å². The lowest BCUT2D eigenvalue weighted by Gasteiger charge is -2.23. The van der Waals surface area contributed by atoms with Gasteiger partial charge < -0.3 is 4.90 Å². The van der Waals surface area contributed by atoms with Crippen LogP contribution in [0.4, 0.5) is 11.5 Å². The highest BCUT2D eigenvalue weighted by Gasteiger charge is 2.15. The third-order valence-corrected chi connectivity index (χ3v) is 4.17. The fraction of sp³-hybridized carbons (Fsp3) is 0.200. The second-order valence-corrected chi connectivity index (χ2v) is 5.77. The van der Waals surface area contributed by atoms with Gasteiger partial charge in [-0.05, 0) is 49.0 Å². The molecule has 2 aromatic heterocycles. The molecule has 0 unspecified atom stereocenters. The number of aryl methyl sites for hydroxylation is 1. The van der Waals surface area contributed by atoms with Gasteiger partial charge in [0, 0.05) is 12.2 Å². The summed E-state index contributed by atoms with van der Waals surface area (Å²) < 4.78 is 0. The van der Waals surface area contributed by atoms with E-state index in [1.54, 1.807) is 11.3 Å². The molecule has 2 heterocycles. The lowest BCUT2D eigenvalue weighted by atomic mass is 10.2. The summed E-state index contributed by atoms with van der Waals surface area (Å²) in [5.74, 6) is 0.868. The Morgan fingerprint density at radius 1 is 1.15 bits per heavy atom. The third kappa shape index (κ3) is 2.37. The van der Waals surface area contributed by atoms with E-state index >= 15 is 0 Å². The SMILES string of the molecule is CCN(c1ccc(C)cc1)c1nc(Cl)nc2sccc12. The molecule has 0 amide bonds. The van der Waals surface area contributed by atoms with E-state index in [0.717, 1.165) is 28.3 Å². The summed E-state index contributed by atoms with van der Waals surface area (Å²) in [7, 11) is 0. The van der Waals surface area contributed by atoms with Gasteiger partial charge in [0.15, 0.2) is 0 Å². The van der Waals surface area contributed by atoms with Crippen molar-refractivity contribution < 1.29 is 0 Å². The molecule has 5 heteroatoms. The molecule has 3 nitrogen and oxygen atoms in total. The molecule has 0 fully saturated rings. The molecule has 0 radical (unpaired) electrons. The molecule has 1 aromatic carbocycles. The van der Waals surface area contributed by atoms with Crippen LogP contribution in [-0.2, 0) is 0 Å². The zero-order valence-electron chi connectivity index (χ0n) is 11.3. The maximum atomic E-state index is 6.05. The predicted octanol–water partition coefficient (Wildman–Crippen LogP) is 4.81. The van der Waals surface area contributed by atoms with E-state index in [2.05, 4.69) is 53.0 Å². The topological polar surface area (TPSA) is 29.0 Å². The summed E-state index contributed by atoms with van der Waals surface area (Å²) in [5, 5.41) is 3.35. The van der Waals surface area contributed by atoms with Gasteiger partial charge in [0.1, 0.15) is 10.6 Å². The van der Waals surface area contributed by atoms with E-state index < -0.39 is 0 Å². The van der Waals surface area contributed by atoms with Crippen LogP contribution in [0.5, 0.6) is 0 Å². The zero-order valence-corrected chi connectivity index (χ0v) is 12.9. The summed E-state index contributed by atoms with van der Waals surface area (Å²) >= 11 is 7.63. The molecule has 0 spiro atoms. The summed E-state index contributed by atoms with van der Waals surface area (Å²) in [5.41, 5.74) is 2.35. The molecule has 0 aliphatic rings. The Hall–Kier alpha value is -1.65. The van der Waals surface area contributed by atoms with Crippen molar-refractivity contribution in [3.8, 4) is 0 Å². The maximum absolute atomic E-state index is 6.05. The first-order valence-corrected chi connectivity index (χ1v) is 7.69. The number of nitrogens with zero attached hydrogens (tertiary/aromatic N) is 3. The van der Waals surface area contributed by atoms with Crippen LogP contribution in [0.3, 0.4) is 0 Å². The number of hydrogen-bond acceptors (Lipinski definition) is 4. The van der Waals surface area contributed by atoms with Gasteiger partial charge in [-0.25, -0.2) is 4.98 Å². The van der Waals surface area contributed by atoms with Gasteiger partial charge >= 0.3 is 0 Å². The largest absolute Gasteiger partial charge is 0.326 e. The van der Waals surface area contributed by atoms with Crippen LogP contribution in [0.2, 0.25) is 5.28 Å². The molecule has 0 aliphatic heterocycles. The Morgan fingerprint density at radius 2 is 1.90 bits per heavy atom. The molecule has 3 aromatic rings.